The Hall–Kier alpha value is -1.21. The first-order valence-electron chi connectivity index (χ1n) is 3.50. The number of halogens is 3. The molecule has 0 saturated carbocycles. The van der Waals surface area contributed by atoms with Crippen LogP contribution in [-0.2, 0) is 0 Å². The smallest absolute Gasteiger partial charge is 0.870 e. The molecule has 0 aromatic heterocycles. The van der Waals surface area contributed by atoms with Crippen molar-refractivity contribution in [1.82, 2.24) is 0 Å². The molecule has 0 heterocycles. The van der Waals surface area contributed by atoms with Gasteiger partial charge in [-0.25, -0.2) is 0 Å². The Kier molecular flexibility index (Phi) is 6.08. The van der Waals surface area contributed by atoms with Crippen molar-refractivity contribution in [3.05, 3.63) is 23.8 Å². The molecule has 0 aliphatic heterocycles. The van der Waals surface area contributed by atoms with Gasteiger partial charge in [-0.05, 0) is 0 Å². The fourth-order valence-corrected chi connectivity index (χ4v) is 0.886. The van der Waals surface area contributed by atoms with Gasteiger partial charge in [-0.2, -0.15) is 0 Å². The van der Waals surface area contributed by atoms with Crippen LogP contribution in [0.5, 0.6) is 5.75 Å². The topological polar surface area (TPSA) is 69.2 Å². The van der Waals surface area contributed by atoms with Gasteiger partial charge in [0.25, 0.3) is 0 Å². The predicted octanol–water partition coefficient (Wildman–Crippen LogP) is 1.33. The molecular weight excluding hydrogens is 212 g/mol. The van der Waals surface area contributed by atoms with E-state index in [2.05, 4.69) is 4.74 Å². The Morgan fingerprint density at radius 3 is 2.13 bits per heavy atom. The molecule has 15 heavy (non-hydrogen) atoms. The van der Waals surface area contributed by atoms with Crippen LogP contribution in [0.15, 0.2) is 18.2 Å². The van der Waals surface area contributed by atoms with E-state index in [0.29, 0.717) is 0 Å². The Morgan fingerprint density at radius 1 is 1.20 bits per heavy atom. The molecule has 2 N–H and O–H groups in total. The van der Waals surface area contributed by atoms with E-state index in [-0.39, 0.29) is 22.2 Å². The van der Waals surface area contributed by atoms with Crippen LogP contribution in [0.3, 0.4) is 0 Å². The molecule has 1 aromatic rings. The first-order valence-corrected chi connectivity index (χ1v) is 3.50. The van der Waals surface area contributed by atoms with E-state index in [9.17, 15) is 13.2 Å². The largest absolute Gasteiger partial charge is 0.870 e. The van der Waals surface area contributed by atoms with Gasteiger partial charge in [-0.3, -0.25) is 0 Å². The normalized spacial score (nSPS) is 10.0. The third kappa shape index (κ3) is 5.29. The SMILES string of the molecule is [B+2]c1cc(C)ccc1OC(F)(F)F.[OH-].[OH-]. The van der Waals surface area contributed by atoms with Gasteiger partial charge in [0, 0.05) is 0 Å². The number of hydrogen-bond donors (Lipinski definition) is 0. The maximum Gasteiger partial charge on any atom is -0.870 e. The Morgan fingerprint density at radius 2 is 1.73 bits per heavy atom. The molecule has 7 heteroatoms. The van der Waals surface area contributed by atoms with Crippen LogP contribution < -0.4 is 10.2 Å². The van der Waals surface area contributed by atoms with E-state index in [1.165, 1.54) is 18.2 Å². The van der Waals surface area contributed by atoms with Crippen molar-refractivity contribution in [2.45, 2.75) is 13.3 Å². The molecule has 0 aliphatic rings. The monoisotopic (exact) mass is 220 g/mol. The second-order valence-electron chi connectivity index (χ2n) is 2.59. The van der Waals surface area contributed by atoms with Gasteiger partial charge >= 0.3 is 74.0 Å². The molecule has 1 aromatic carbocycles. The molecule has 1 rings (SSSR count). The molecule has 0 unspecified atom stereocenters. The summed E-state index contributed by atoms with van der Waals surface area (Å²) in [6.45, 7) is 1.73. The minimum Gasteiger partial charge on any atom is -0.870 e. The second-order valence-corrected chi connectivity index (χ2v) is 2.59. The molecular formula is C8H8BF3O3. The van der Waals surface area contributed by atoms with Gasteiger partial charge in [-0.1, -0.05) is 0 Å². The fourth-order valence-electron chi connectivity index (χ4n) is 0.886. The first-order chi connectivity index (χ1) is 5.88. The summed E-state index contributed by atoms with van der Waals surface area (Å²) in [6.07, 6.45) is -4.69. The maximum absolute atomic E-state index is 11.7. The van der Waals surface area contributed by atoms with Crippen LogP contribution in [0.1, 0.15) is 5.56 Å². The molecule has 0 atom stereocenters. The van der Waals surface area contributed by atoms with E-state index >= 15 is 0 Å². The quantitative estimate of drug-likeness (QED) is 0.670. The van der Waals surface area contributed by atoms with Crippen LogP contribution in [0, 0.1) is 6.92 Å². The van der Waals surface area contributed by atoms with Gasteiger partial charge in [0.15, 0.2) is 0 Å². The molecule has 0 bridgehead atoms. The number of alkyl halides is 3. The zero-order valence-electron chi connectivity index (χ0n) is 7.75. The third-order valence-corrected chi connectivity index (χ3v) is 1.39. The Balaban J connectivity index is 0. The van der Waals surface area contributed by atoms with Crippen LogP contribution in [0.4, 0.5) is 13.2 Å². The van der Waals surface area contributed by atoms with Crippen molar-refractivity contribution < 1.29 is 28.9 Å². The van der Waals surface area contributed by atoms with Gasteiger partial charge in [0.05, 0.1) is 0 Å². The van der Waals surface area contributed by atoms with Crippen LogP contribution >= 0.6 is 0 Å². The van der Waals surface area contributed by atoms with Crippen LogP contribution in [0.25, 0.3) is 0 Å². The molecule has 3 nitrogen and oxygen atoms in total. The summed E-state index contributed by atoms with van der Waals surface area (Å²) < 4.78 is 38.9. The van der Waals surface area contributed by atoms with Crippen molar-refractivity contribution in [3.8, 4) is 5.75 Å². The van der Waals surface area contributed by atoms with E-state index in [1.54, 1.807) is 6.92 Å². The first kappa shape index (κ1) is 16.2. The summed E-state index contributed by atoms with van der Waals surface area (Å²) >= 11 is 0. The summed E-state index contributed by atoms with van der Waals surface area (Å²) in [5.74, 6) is -0.363. The summed E-state index contributed by atoms with van der Waals surface area (Å²) in [5, 5.41) is 0. The van der Waals surface area contributed by atoms with Crippen molar-refractivity contribution >= 4 is 13.3 Å². The van der Waals surface area contributed by atoms with E-state index in [1.807, 2.05) is 0 Å². The molecule has 0 fully saturated rings. The average molecular weight is 220 g/mol. The number of hydrogen-bond acceptors (Lipinski definition) is 3. The Labute approximate surface area is 85.9 Å². The molecule has 0 amide bonds. The van der Waals surface area contributed by atoms with Crippen molar-refractivity contribution in [2.24, 2.45) is 0 Å². The van der Waals surface area contributed by atoms with Gasteiger partial charge in [0.2, 0.25) is 0 Å². The number of ether oxygens (including phenoxy) is 1. The van der Waals surface area contributed by atoms with E-state index < -0.39 is 6.36 Å². The summed E-state index contributed by atoms with van der Waals surface area (Å²) in [6, 6.07) is 4.11. The molecule has 0 saturated heterocycles. The van der Waals surface area contributed by atoms with E-state index in [0.717, 1.165) is 5.56 Å². The van der Waals surface area contributed by atoms with Crippen molar-refractivity contribution in [3.63, 3.8) is 0 Å². The molecule has 0 spiro atoms. The second kappa shape index (κ2) is 5.62. The maximum atomic E-state index is 11.7. The third-order valence-electron chi connectivity index (χ3n) is 1.39. The summed E-state index contributed by atoms with van der Waals surface area (Å²) in [5.41, 5.74) is 0.768. The Bertz CT molecular complexity index is 314. The predicted molar refractivity (Wildman–Crippen MR) is 47.1 cm³/mol. The van der Waals surface area contributed by atoms with Crippen molar-refractivity contribution in [1.29, 1.82) is 0 Å². The number of benzene rings is 1. The van der Waals surface area contributed by atoms with E-state index in [4.69, 9.17) is 7.85 Å². The van der Waals surface area contributed by atoms with Crippen LogP contribution in [-0.4, -0.2) is 25.2 Å². The molecule has 82 valence electrons. The number of aryl methyl sites for hydroxylation is 1. The average Bonchev–Trinajstić information content (AvgIpc) is 1.93. The zero-order chi connectivity index (χ0) is 10.1. The standard InChI is InChI=1S/C8H6BF3O.2H2O/c1-5-2-3-7(6(9)4-5)13-8(10,11)12;;/h2-4H,1H3;2*1H2/q+2;;/p-2. The minimum absolute atomic E-state index is 0. The fraction of sp³-hybridized carbons (Fsp3) is 0.250. The molecule has 0 aliphatic carbocycles. The number of rotatable bonds is 1. The van der Waals surface area contributed by atoms with Gasteiger partial charge < -0.3 is 11.0 Å². The van der Waals surface area contributed by atoms with Gasteiger partial charge in [-0.15, -0.1) is 0 Å². The molecule has 0 radical (unpaired) electrons. The zero-order valence-corrected chi connectivity index (χ0v) is 7.75. The van der Waals surface area contributed by atoms with Crippen LogP contribution in [0.2, 0.25) is 0 Å². The van der Waals surface area contributed by atoms with Gasteiger partial charge in [0.1, 0.15) is 0 Å². The summed E-state index contributed by atoms with van der Waals surface area (Å²) in [7, 11) is 5.30. The summed E-state index contributed by atoms with van der Waals surface area (Å²) in [4.78, 5) is 0. The van der Waals surface area contributed by atoms with Crippen molar-refractivity contribution in [2.75, 3.05) is 0 Å². The minimum atomic E-state index is -4.69.